The van der Waals surface area contributed by atoms with Crippen LogP contribution in [0.2, 0.25) is 0 Å². The highest BCUT2D eigenvalue weighted by Crippen LogP contribution is 2.20. The van der Waals surface area contributed by atoms with Crippen LogP contribution in [0.25, 0.3) is 0 Å². The largest absolute Gasteiger partial charge is 0.496 e. The number of rotatable bonds is 5. The number of nitrogens with two attached hydrogens (primary N) is 1. The van der Waals surface area contributed by atoms with Crippen molar-refractivity contribution in [2.75, 3.05) is 7.11 Å². The summed E-state index contributed by atoms with van der Waals surface area (Å²) >= 11 is 0. The summed E-state index contributed by atoms with van der Waals surface area (Å²) < 4.78 is 10.5. The Hall–Kier alpha value is -1.88. The highest BCUT2D eigenvalue weighted by Gasteiger charge is 2.11. The summed E-state index contributed by atoms with van der Waals surface area (Å²) in [5.41, 5.74) is 6.71. The van der Waals surface area contributed by atoms with E-state index in [0.717, 1.165) is 11.3 Å². The molecule has 2 N–H and O–H groups in total. The summed E-state index contributed by atoms with van der Waals surface area (Å²) in [6.07, 6.45) is 1.19. The van der Waals surface area contributed by atoms with Crippen molar-refractivity contribution < 1.29 is 9.26 Å². The third-order valence-electron chi connectivity index (χ3n) is 2.55. The number of hydrogen-bond acceptors (Lipinski definition) is 5. The molecule has 1 heterocycles. The Labute approximate surface area is 106 Å². The third-order valence-corrected chi connectivity index (χ3v) is 2.55. The van der Waals surface area contributed by atoms with Crippen molar-refractivity contribution in [3.8, 4) is 5.75 Å². The van der Waals surface area contributed by atoms with E-state index in [1.54, 1.807) is 7.11 Å². The van der Waals surface area contributed by atoms with E-state index >= 15 is 0 Å². The lowest BCUT2D eigenvalue weighted by molar-refractivity contribution is 0.373. The molecule has 18 heavy (non-hydrogen) atoms. The maximum Gasteiger partial charge on any atom is 0.231 e. The summed E-state index contributed by atoms with van der Waals surface area (Å²) in [4.78, 5) is 4.31. The summed E-state index contributed by atoms with van der Waals surface area (Å²) in [5, 5.41) is 3.90. The number of ether oxygens (including phenoxy) is 1. The molecule has 0 saturated heterocycles. The van der Waals surface area contributed by atoms with Crippen LogP contribution in [0.1, 0.15) is 24.2 Å². The molecule has 0 saturated carbocycles. The second-order valence-electron chi connectivity index (χ2n) is 4.27. The van der Waals surface area contributed by atoms with Gasteiger partial charge >= 0.3 is 0 Å². The summed E-state index contributed by atoms with van der Waals surface area (Å²) in [6.45, 7) is 1.91. The predicted octanol–water partition coefficient (Wildman–Crippen LogP) is 1.56. The van der Waals surface area contributed by atoms with Gasteiger partial charge < -0.3 is 15.0 Å². The quantitative estimate of drug-likeness (QED) is 0.867. The first-order chi connectivity index (χ1) is 8.69. The average molecular weight is 247 g/mol. The zero-order valence-corrected chi connectivity index (χ0v) is 10.6. The van der Waals surface area contributed by atoms with Crippen LogP contribution in [-0.4, -0.2) is 23.3 Å². The molecule has 0 radical (unpaired) electrons. The van der Waals surface area contributed by atoms with E-state index in [0.29, 0.717) is 24.6 Å². The molecule has 0 bridgehead atoms. The molecule has 1 aromatic heterocycles. The number of hydrogen-bond donors (Lipinski definition) is 1. The minimum absolute atomic E-state index is 0.0294. The Kier molecular flexibility index (Phi) is 3.94. The molecule has 0 amide bonds. The number of methoxy groups -OCH3 is 1. The van der Waals surface area contributed by atoms with Crippen LogP contribution < -0.4 is 10.5 Å². The van der Waals surface area contributed by atoms with Crippen LogP contribution in [0.3, 0.4) is 0 Å². The van der Waals surface area contributed by atoms with E-state index < -0.39 is 0 Å². The highest BCUT2D eigenvalue weighted by atomic mass is 16.5. The minimum Gasteiger partial charge on any atom is -0.496 e. The molecule has 2 rings (SSSR count). The van der Waals surface area contributed by atoms with Crippen molar-refractivity contribution >= 4 is 0 Å². The summed E-state index contributed by atoms with van der Waals surface area (Å²) in [7, 11) is 1.65. The van der Waals surface area contributed by atoms with E-state index in [9.17, 15) is 0 Å². The molecule has 0 aliphatic rings. The summed E-state index contributed by atoms with van der Waals surface area (Å²) in [6, 6.07) is 7.80. The van der Waals surface area contributed by atoms with Crippen LogP contribution in [0.5, 0.6) is 5.75 Å². The molecule has 96 valence electrons. The highest BCUT2D eigenvalue weighted by molar-refractivity contribution is 5.34. The SMILES string of the molecule is COc1ccccc1Cc1nc(CC(C)N)no1. The Balaban J connectivity index is 2.11. The lowest BCUT2D eigenvalue weighted by Gasteiger charge is -2.04. The molecule has 1 atom stereocenters. The molecule has 5 heteroatoms. The Morgan fingerprint density at radius 3 is 2.89 bits per heavy atom. The van der Waals surface area contributed by atoms with Crippen LogP contribution in [0.4, 0.5) is 0 Å². The first kappa shape index (κ1) is 12.6. The van der Waals surface area contributed by atoms with Gasteiger partial charge in [-0.3, -0.25) is 0 Å². The van der Waals surface area contributed by atoms with Crippen molar-refractivity contribution in [2.45, 2.75) is 25.8 Å². The van der Waals surface area contributed by atoms with Gasteiger partial charge in [-0.05, 0) is 13.0 Å². The Morgan fingerprint density at radius 1 is 1.39 bits per heavy atom. The maximum absolute atomic E-state index is 5.69. The van der Waals surface area contributed by atoms with Crippen molar-refractivity contribution in [1.82, 2.24) is 10.1 Å². The van der Waals surface area contributed by atoms with Gasteiger partial charge in [0.25, 0.3) is 0 Å². The van der Waals surface area contributed by atoms with Crippen LogP contribution in [-0.2, 0) is 12.8 Å². The van der Waals surface area contributed by atoms with Gasteiger partial charge in [-0.15, -0.1) is 0 Å². The van der Waals surface area contributed by atoms with Crippen molar-refractivity contribution in [1.29, 1.82) is 0 Å². The molecule has 1 aromatic carbocycles. The first-order valence-corrected chi connectivity index (χ1v) is 5.88. The number of aromatic nitrogens is 2. The van der Waals surface area contributed by atoms with Gasteiger partial charge in [0.15, 0.2) is 5.82 Å². The van der Waals surface area contributed by atoms with Gasteiger partial charge in [0, 0.05) is 18.0 Å². The molecule has 2 aromatic rings. The topological polar surface area (TPSA) is 74.2 Å². The fraction of sp³-hybridized carbons (Fsp3) is 0.385. The van der Waals surface area contributed by atoms with E-state index in [4.69, 9.17) is 15.0 Å². The maximum atomic E-state index is 5.69. The molecule has 0 aliphatic carbocycles. The van der Waals surface area contributed by atoms with E-state index in [-0.39, 0.29) is 6.04 Å². The fourth-order valence-electron chi connectivity index (χ4n) is 1.74. The van der Waals surface area contributed by atoms with Crippen molar-refractivity contribution in [2.24, 2.45) is 5.73 Å². The standard InChI is InChI=1S/C13H17N3O2/c1-9(14)7-12-15-13(18-16-12)8-10-5-3-4-6-11(10)17-2/h3-6,9H,7-8,14H2,1-2H3. The predicted molar refractivity (Wildman–Crippen MR) is 67.5 cm³/mol. The van der Waals surface area contributed by atoms with Gasteiger partial charge in [-0.2, -0.15) is 4.98 Å². The first-order valence-electron chi connectivity index (χ1n) is 5.88. The smallest absolute Gasteiger partial charge is 0.231 e. The zero-order chi connectivity index (χ0) is 13.0. The monoisotopic (exact) mass is 247 g/mol. The van der Waals surface area contributed by atoms with Crippen molar-refractivity contribution in [3.05, 3.63) is 41.5 Å². The number of nitrogens with zero attached hydrogens (tertiary/aromatic N) is 2. The lowest BCUT2D eigenvalue weighted by Crippen LogP contribution is -2.18. The average Bonchev–Trinajstić information content (AvgIpc) is 2.76. The molecular weight excluding hydrogens is 230 g/mol. The molecule has 5 nitrogen and oxygen atoms in total. The number of benzene rings is 1. The Morgan fingerprint density at radius 2 is 2.17 bits per heavy atom. The Bertz CT molecular complexity index is 508. The summed E-state index contributed by atoms with van der Waals surface area (Å²) in [5.74, 6) is 2.05. The second-order valence-corrected chi connectivity index (χ2v) is 4.27. The number of para-hydroxylation sites is 1. The molecule has 1 unspecified atom stereocenters. The molecule has 0 spiro atoms. The minimum atomic E-state index is 0.0294. The van der Waals surface area contributed by atoms with Crippen molar-refractivity contribution in [3.63, 3.8) is 0 Å². The van der Waals surface area contributed by atoms with Gasteiger partial charge in [0.05, 0.1) is 13.5 Å². The fourth-order valence-corrected chi connectivity index (χ4v) is 1.74. The van der Waals surface area contributed by atoms with Gasteiger partial charge in [-0.25, -0.2) is 0 Å². The molecular formula is C13H17N3O2. The van der Waals surface area contributed by atoms with Gasteiger partial charge in [0.1, 0.15) is 5.75 Å². The lowest BCUT2D eigenvalue weighted by atomic mass is 10.1. The van der Waals surface area contributed by atoms with Crippen LogP contribution >= 0.6 is 0 Å². The van der Waals surface area contributed by atoms with Crippen LogP contribution in [0.15, 0.2) is 28.8 Å². The van der Waals surface area contributed by atoms with E-state index in [1.165, 1.54) is 0 Å². The van der Waals surface area contributed by atoms with E-state index in [2.05, 4.69) is 10.1 Å². The van der Waals surface area contributed by atoms with Gasteiger partial charge in [0.2, 0.25) is 5.89 Å². The van der Waals surface area contributed by atoms with E-state index in [1.807, 2.05) is 31.2 Å². The molecule has 0 aliphatic heterocycles. The second kappa shape index (κ2) is 5.64. The van der Waals surface area contributed by atoms with Gasteiger partial charge in [-0.1, -0.05) is 23.4 Å². The zero-order valence-electron chi connectivity index (χ0n) is 10.6. The molecule has 0 fully saturated rings. The third kappa shape index (κ3) is 3.07. The normalized spacial score (nSPS) is 12.4. The van der Waals surface area contributed by atoms with Crippen LogP contribution in [0, 0.1) is 0 Å².